The molecule has 1 rings (SSSR count). The van der Waals surface area contributed by atoms with Gasteiger partial charge in [-0.1, -0.05) is 0 Å². The first-order chi connectivity index (χ1) is 3.80. The fourth-order valence-electron chi connectivity index (χ4n) is 0.421. The van der Waals surface area contributed by atoms with Gasteiger partial charge in [0.05, 0.1) is 5.78 Å². The van der Waals surface area contributed by atoms with E-state index in [0.29, 0.717) is 0 Å². The number of allylic oxidation sites excluding steroid dienone is 1. The second-order valence-electron chi connectivity index (χ2n) is 1.42. The minimum Gasteiger partial charge on any atom is -0.612 e. The zero-order valence-electron chi connectivity index (χ0n) is 4.50. The van der Waals surface area contributed by atoms with Crippen molar-refractivity contribution in [2.24, 2.45) is 0 Å². The summed E-state index contributed by atoms with van der Waals surface area (Å²) in [5.41, 5.74) is 0. The molecule has 1 aliphatic heterocycles. The van der Waals surface area contributed by atoms with E-state index in [9.17, 15) is 4.79 Å². The molecule has 0 unspecified atom stereocenters. The largest absolute Gasteiger partial charge is 1.00 e. The van der Waals surface area contributed by atoms with Gasteiger partial charge in [0, 0.05) is 12.7 Å². The molecule has 4 heteroatoms. The molecule has 0 saturated heterocycles. The molecule has 50 valence electrons. The smallest absolute Gasteiger partial charge is 0.612 e. The summed E-state index contributed by atoms with van der Waals surface area (Å²) < 4.78 is 4.33. The summed E-state index contributed by atoms with van der Waals surface area (Å²) in [5, 5.41) is 8.47. The minimum atomic E-state index is -0.507. The van der Waals surface area contributed by atoms with Crippen molar-refractivity contribution in [3.63, 3.8) is 0 Å². The van der Waals surface area contributed by atoms with E-state index >= 15 is 0 Å². The van der Waals surface area contributed by atoms with E-state index in [1.165, 1.54) is 6.26 Å². The number of ether oxygens (including phenoxy) is 1. The van der Waals surface area contributed by atoms with Crippen LogP contribution in [0.25, 0.3) is 0 Å². The highest BCUT2D eigenvalue weighted by Crippen LogP contribution is 2.08. The maximum Gasteiger partial charge on any atom is 1.00 e. The second-order valence-corrected chi connectivity index (χ2v) is 1.42. The molecule has 1 N–H and O–H groups in total. The third-order valence-electron chi connectivity index (χ3n) is 0.818. The third-order valence-corrected chi connectivity index (χ3v) is 0.818. The Hall–Kier alpha value is -0.230. The van der Waals surface area contributed by atoms with Gasteiger partial charge in [0.1, 0.15) is 0 Å². The molecule has 9 heavy (non-hydrogen) atoms. The van der Waals surface area contributed by atoms with Gasteiger partial charge in [0.2, 0.25) is 0 Å². The Kier molecular flexibility index (Phi) is 3.64. The number of hydrogen-bond acceptors (Lipinski definition) is 3. The molecule has 0 fully saturated rings. The highest BCUT2D eigenvalue weighted by Gasteiger charge is 2.00. The Balaban J connectivity index is 0.000000640. The number of carbonyl (C=O) groups is 1. The van der Waals surface area contributed by atoms with Crippen molar-refractivity contribution in [3.8, 4) is 0 Å². The number of halogens is 1. The van der Waals surface area contributed by atoms with Crippen molar-refractivity contribution in [1.82, 2.24) is 0 Å². The first-order valence-corrected chi connectivity index (χ1v) is 2.21. The Labute approximate surface area is 69.7 Å². The molecule has 0 aromatic carbocycles. The van der Waals surface area contributed by atoms with Crippen LogP contribution in [0, 0.1) is 6.29 Å². The molecule has 0 spiro atoms. The Morgan fingerprint density at radius 2 is 2.44 bits per heavy atom. The molecule has 0 saturated carbocycles. The van der Waals surface area contributed by atoms with Crippen molar-refractivity contribution < 1.29 is 38.6 Å². The van der Waals surface area contributed by atoms with E-state index in [1.54, 1.807) is 6.08 Å². The molecule has 2 radical (unpaired) electrons. The number of Topliss-reactive ketones (excluding diaryl/α,β-unsaturated/α-hetero) is 1. The van der Waals surface area contributed by atoms with Gasteiger partial charge in [0.25, 0.3) is 0 Å². The standard InChI is InChI=1S/C5H5O3.I/c6-4-2-1-3-8-5(4)7;/h1,3,7H,2H2;/q-1;+1. The van der Waals surface area contributed by atoms with Gasteiger partial charge in [-0.15, -0.1) is 0 Å². The maximum absolute atomic E-state index is 10.3. The van der Waals surface area contributed by atoms with E-state index in [0.717, 1.165) is 0 Å². The van der Waals surface area contributed by atoms with Gasteiger partial charge >= 0.3 is 24.0 Å². The van der Waals surface area contributed by atoms with E-state index in [-0.39, 0.29) is 36.2 Å². The molecule has 3 nitrogen and oxygen atoms in total. The summed E-state index contributed by atoms with van der Waals surface area (Å²) in [7, 11) is 0. The van der Waals surface area contributed by atoms with Crippen LogP contribution in [0.2, 0.25) is 0 Å². The van der Waals surface area contributed by atoms with E-state index in [4.69, 9.17) is 5.11 Å². The Bertz CT molecular complexity index is 132. The molecule has 0 aliphatic carbocycles. The lowest BCUT2D eigenvalue weighted by atomic mass is 10.2. The normalized spacial score (nSPS) is 16.6. The fraction of sp³-hybridized carbons (Fsp3) is 0.200. The quantitative estimate of drug-likeness (QED) is 0.372. The van der Waals surface area contributed by atoms with Crippen LogP contribution < -0.4 is 24.0 Å². The second kappa shape index (κ2) is 3.73. The predicted octanol–water partition coefficient (Wildman–Crippen LogP) is -2.64. The average Bonchev–Trinajstić information content (AvgIpc) is 1.77. The number of carbonyl (C=O) groups excluding carboxylic acids is 1. The number of hydrogen-bond donors (Lipinski definition) is 1. The van der Waals surface area contributed by atoms with E-state index in [1.807, 2.05) is 0 Å². The van der Waals surface area contributed by atoms with Crippen molar-refractivity contribution in [2.75, 3.05) is 0 Å². The lowest BCUT2D eigenvalue weighted by molar-refractivity contribution is -0.129. The molecular formula is C5H5IO3. The van der Waals surface area contributed by atoms with Crippen LogP contribution in [0.5, 0.6) is 0 Å². The summed E-state index contributed by atoms with van der Waals surface area (Å²) in [4.78, 5) is 10.3. The Morgan fingerprint density at radius 1 is 1.78 bits per heavy atom. The molecule has 0 bridgehead atoms. The zero-order chi connectivity index (χ0) is 5.98. The number of ketones is 1. The van der Waals surface area contributed by atoms with Crippen LogP contribution in [0.4, 0.5) is 0 Å². The van der Waals surface area contributed by atoms with Crippen molar-refractivity contribution >= 4 is 5.78 Å². The summed E-state index contributed by atoms with van der Waals surface area (Å²) in [6.07, 6.45) is 2.57. The van der Waals surface area contributed by atoms with Crippen LogP contribution >= 0.6 is 0 Å². The molecule has 1 heterocycles. The molecule has 0 aromatic heterocycles. The van der Waals surface area contributed by atoms with E-state index in [2.05, 4.69) is 4.74 Å². The maximum atomic E-state index is 10.3. The molecule has 0 amide bonds. The summed E-state index contributed by atoms with van der Waals surface area (Å²) in [6, 6.07) is 0. The summed E-state index contributed by atoms with van der Waals surface area (Å²) in [6.45, 7) is 0. The van der Waals surface area contributed by atoms with Crippen LogP contribution in [0.1, 0.15) is 6.42 Å². The van der Waals surface area contributed by atoms with Crippen LogP contribution in [0.3, 0.4) is 0 Å². The van der Waals surface area contributed by atoms with Crippen molar-refractivity contribution in [2.45, 2.75) is 6.42 Å². The van der Waals surface area contributed by atoms with Gasteiger partial charge in [0.15, 0.2) is 0 Å². The number of aliphatic hydroxyl groups excluding tert-OH is 1. The monoisotopic (exact) mass is 240 g/mol. The molecule has 0 atom stereocenters. The number of aliphatic hydroxyl groups is 1. The summed E-state index contributed by atoms with van der Waals surface area (Å²) >= 11 is 0. The third kappa shape index (κ3) is 2.23. The summed E-state index contributed by atoms with van der Waals surface area (Å²) in [5.74, 6) is -0.368. The minimum absolute atomic E-state index is 0. The van der Waals surface area contributed by atoms with Crippen LogP contribution in [-0.2, 0) is 9.53 Å². The molecule has 0 aromatic rings. The predicted molar refractivity (Wildman–Crippen MR) is 25.0 cm³/mol. The van der Waals surface area contributed by atoms with E-state index < -0.39 is 6.29 Å². The Morgan fingerprint density at radius 3 is 2.78 bits per heavy atom. The highest BCUT2D eigenvalue weighted by molar-refractivity contribution is 5.89. The van der Waals surface area contributed by atoms with Gasteiger partial charge in [-0.25, -0.2) is 0 Å². The molecular weight excluding hydrogens is 235 g/mol. The van der Waals surface area contributed by atoms with Gasteiger partial charge in [-0.3, -0.25) is 0 Å². The zero-order valence-corrected chi connectivity index (χ0v) is 6.66. The van der Waals surface area contributed by atoms with Gasteiger partial charge in [-0.05, 0) is 12.4 Å². The van der Waals surface area contributed by atoms with Crippen molar-refractivity contribution in [1.29, 1.82) is 0 Å². The fourth-order valence-corrected chi connectivity index (χ4v) is 0.421. The number of rotatable bonds is 0. The average molecular weight is 240 g/mol. The SMILES string of the molecule is O=C1CC=CO[C-]1O.[I+]. The molecule has 1 aliphatic rings. The lowest BCUT2D eigenvalue weighted by Gasteiger charge is -2.25. The van der Waals surface area contributed by atoms with Crippen molar-refractivity contribution in [3.05, 3.63) is 18.6 Å². The first kappa shape index (κ1) is 8.77. The highest BCUT2D eigenvalue weighted by atomic mass is 127. The van der Waals surface area contributed by atoms with Crippen LogP contribution in [0.15, 0.2) is 12.3 Å². The van der Waals surface area contributed by atoms with Gasteiger partial charge < -0.3 is 14.6 Å². The van der Waals surface area contributed by atoms with Gasteiger partial charge in [-0.2, -0.15) is 0 Å². The first-order valence-electron chi connectivity index (χ1n) is 2.21. The lowest BCUT2D eigenvalue weighted by Crippen LogP contribution is -3.00. The van der Waals surface area contributed by atoms with Crippen LogP contribution in [-0.4, -0.2) is 10.9 Å². The topological polar surface area (TPSA) is 46.5 Å².